The molecule has 1 heterocycles. The van der Waals surface area contributed by atoms with E-state index in [9.17, 15) is 9.18 Å². The molecule has 0 saturated carbocycles. The lowest BCUT2D eigenvalue weighted by atomic mass is 10.0. The van der Waals surface area contributed by atoms with Crippen LogP contribution in [-0.4, -0.2) is 4.57 Å². The van der Waals surface area contributed by atoms with Crippen molar-refractivity contribution in [3.8, 4) is 5.69 Å². The minimum atomic E-state index is -0.378. The number of benzene rings is 2. The molecule has 0 unspecified atom stereocenters. The van der Waals surface area contributed by atoms with E-state index in [4.69, 9.17) is 0 Å². The van der Waals surface area contributed by atoms with Gasteiger partial charge in [-0.15, -0.1) is 0 Å². The first-order valence-corrected chi connectivity index (χ1v) is 7.53. The maximum Gasteiger partial charge on any atom is 0.262 e. The largest absolute Gasteiger partial charge is 0.283 e. The first-order chi connectivity index (χ1) is 10.5. The van der Waals surface area contributed by atoms with Gasteiger partial charge in [0, 0.05) is 21.6 Å². The molecule has 0 atom stereocenters. The molecule has 0 N–H and O–H groups in total. The Balaban J connectivity index is 2.42. The highest BCUT2D eigenvalue weighted by molar-refractivity contribution is 9.10. The Hall–Kier alpha value is -2.20. The van der Waals surface area contributed by atoms with Gasteiger partial charge in [-0.3, -0.25) is 9.36 Å². The van der Waals surface area contributed by atoms with Gasteiger partial charge in [0.1, 0.15) is 5.82 Å². The predicted molar refractivity (Wildman–Crippen MR) is 91.9 cm³/mol. The van der Waals surface area contributed by atoms with Crippen molar-refractivity contribution in [2.75, 3.05) is 0 Å². The molecule has 1 aromatic heterocycles. The molecular formula is C18H13BrFNO. The Kier molecular flexibility index (Phi) is 3.71. The summed E-state index contributed by atoms with van der Waals surface area (Å²) in [5.41, 5.74) is 2.02. The fourth-order valence-corrected chi connectivity index (χ4v) is 2.83. The molecule has 110 valence electrons. The van der Waals surface area contributed by atoms with Gasteiger partial charge in [-0.2, -0.15) is 0 Å². The van der Waals surface area contributed by atoms with E-state index in [1.54, 1.807) is 24.4 Å². The second-order valence-corrected chi connectivity index (χ2v) is 6.08. The summed E-state index contributed by atoms with van der Waals surface area (Å²) in [6.45, 7) is 5.87. The molecule has 0 bridgehead atoms. The Bertz CT molecular complexity index is 959. The zero-order valence-electron chi connectivity index (χ0n) is 11.9. The molecule has 22 heavy (non-hydrogen) atoms. The summed E-state index contributed by atoms with van der Waals surface area (Å²) in [4.78, 5) is 12.7. The van der Waals surface area contributed by atoms with Gasteiger partial charge in [0.15, 0.2) is 0 Å². The number of allylic oxidation sites excluding steroid dienone is 1. The van der Waals surface area contributed by atoms with Gasteiger partial charge in [-0.25, -0.2) is 4.39 Å². The molecule has 0 aliphatic carbocycles. The number of hydrogen-bond acceptors (Lipinski definition) is 1. The van der Waals surface area contributed by atoms with Crippen molar-refractivity contribution < 1.29 is 4.39 Å². The van der Waals surface area contributed by atoms with Crippen molar-refractivity contribution in [3.05, 3.63) is 81.4 Å². The quantitative estimate of drug-likeness (QED) is 0.637. The van der Waals surface area contributed by atoms with Crippen LogP contribution in [0.15, 0.2) is 64.5 Å². The lowest BCUT2D eigenvalue weighted by Crippen LogP contribution is -2.19. The van der Waals surface area contributed by atoms with Gasteiger partial charge in [-0.05, 0) is 54.3 Å². The summed E-state index contributed by atoms with van der Waals surface area (Å²) in [6.07, 6.45) is 1.72. The molecule has 0 radical (unpaired) electrons. The van der Waals surface area contributed by atoms with Crippen molar-refractivity contribution in [2.45, 2.75) is 6.92 Å². The molecular weight excluding hydrogens is 345 g/mol. The third-order valence-electron chi connectivity index (χ3n) is 3.53. The van der Waals surface area contributed by atoms with E-state index in [0.29, 0.717) is 11.1 Å². The first-order valence-electron chi connectivity index (χ1n) is 6.74. The lowest BCUT2D eigenvalue weighted by Gasteiger charge is -2.13. The van der Waals surface area contributed by atoms with Crippen LogP contribution in [0, 0.1) is 5.82 Å². The molecule has 0 aliphatic heterocycles. The van der Waals surface area contributed by atoms with Crippen molar-refractivity contribution >= 4 is 32.3 Å². The minimum Gasteiger partial charge on any atom is -0.283 e. The van der Waals surface area contributed by atoms with Crippen LogP contribution >= 0.6 is 15.9 Å². The van der Waals surface area contributed by atoms with Crippen LogP contribution in [0.3, 0.4) is 0 Å². The summed E-state index contributed by atoms with van der Waals surface area (Å²) in [6, 6.07) is 11.5. The number of nitrogens with zero attached hydrogens (tertiary/aromatic N) is 1. The molecule has 2 nitrogen and oxygen atoms in total. The van der Waals surface area contributed by atoms with Gasteiger partial charge >= 0.3 is 0 Å². The molecule has 0 fully saturated rings. The SMILES string of the molecule is C=C(C)c1cn(-c2cccc(F)c2)c(=O)c2ccc(Br)cc12. The predicted octanol–water partition coefficient (Wildman–Crippen LogP) is 4.93. The van der Waals surface area contributed by atoms with Crippen molar-refractivity contribution in [3.63, 3.8) is 0 Å². The highest BCUT2D eigenvalue weighted by Gasteiger charge is 2.11. The molecule has 3 aromatic rings. The van der Waals surface area contributed by atoms with Gasteiger partial charge in [0.25, 0.3) is 5.56 Å². The fraction of sp³-hybridized carbons (Fsp3) is 0.0556. The van der Waals surface area contributed by atoms with E-state index in [1.807, 2.05) is 19.1 Å². The van der Waals surface area contributed by atoms with Gasteiger partial charge < -0.3 is 0 Å². The van der Waals surface area contributed by atoms with E-state index in [1.165, 1.54) is 16.7 Å². The second-order valence-electron chi connectivity index (χ2n) is 5.17. The maximum absolute atomic E-state index is 13.5. The zero-order valence-corrected chi connectivity index (χ0v) is 13.5. The number of aromatic nitrogens is 1. The molecule has 4 heteroatoms. The second kappa shape index (κ2) is 5.54. The molecule has 0 saturated heterocycles. The smallest absolute Gasteiger partial charge is 0.262 e. The Morgan fingerprint density at radius 3 is 2.64 bits per heavy atom. The molecule has 0 spiro atoms. The minimum absolute atomic E-state index is 0.182. The zero-order chi connectivity index (χ0) is 15.9. The van der Waals surface area contributed by atoms with Crippen molar-refractivity contribution in [2.24, 2.45) is 0 Å². The number of pyridine rings is 1. The summed E-state index contributed by atoms with van der Waals surface area (Å²) in [7, 11) is 0. The Labute approximate surface area is 135 Å². The van der Waals surface area contributed by atoms with E-state index in [2.05, 4.69) is 22.5 Å². The van der Waals surface area contributed by atoms with E-state index in [0.717, 1.165) is 21.0 Å². The lowest BCUT2D eigenvalue weighted by molar-refractivity contribution is 0.626. The summed E-state index contributed by atoms with van der Waals surface area (Å²) < 4.78 is 15.8. The van der Waals surface area contributed by atoms with Crippen LogP contribution in [0.1, 0.15) is 12.5 Å². The Morgan fingerprint density at radius 1 is 1.18 bits per heavy atom. The van der Waals surface area contributed by atoms with E-state index < -0.39 is 0 Å². The van der Waals surface area contributed by atoms with Crippen LogP contribution in [0.2, 0.25) is 0 Å². The number of halogens is 2. The summed E-state index contributed by atoms with van der Waals surface area (Å²) in [5, 5.41) is 1.41. The van der Waals surface area contributed by atoms with Crippen molar-refractivity contribution in [1.29, 1.82) is 0 Å². The van der Waals surface area contributed by atoms with Gasteiger partial charge in [0.2, 0.25) is 0 Å². The average molecular weight is 358 g/mol. The monoisotopic (exact) mass is 357 g/mol. The number of fused-ring (bicyclic) bond motifs is 1. The molecule has 0 amide bonds. The maximum atomic E-state index is 13.5. The van der Waals surface area contributed by atoms with Gasteiger partial charge in [0.05, 0.1) is 5.69 Å². The highest BCUT2D eigenvalue weighted by Crippen LogP contribution is 2.26. The van der Waals surface area contributed by atoms with E-state index >= 15 is 0 Å². The molecule has 0 aliphatic rings. The van der Waals surface area contributed by atoms with Gasteiger partial charge in [-0.1, -0.05) is 28.6 Å². The third kappa shape index (κ3) is 2.50. The third-order valence-corrected chi connectivity index (χ3v) is 4.02. The first kappa shape index (κ1) is 14.7. The standard InChI is InChI=1S/C18H13BrFNO/c1-11(2)17-10-21(14-5-3-4-13(20)9-14)18(22)15-7-6-12(19)8-16(15)17/h3-10H,1H2,2H3. The van der Waals surface area contributed by atoms with E-state index in [-0.39, 0.29) is 11.4 Å². The number of hydrogen-bond donors (Lipinski definition) is 0. The number of rotatable bonds is 2. The fourth-order valence-electron chi connectivity index (χ4n) is 2.47. The van der Waals surface area contributed by atoms with Crippen LogP contribution in [0.5, 0.6) is 0 Å². The molecule has 2 aromatic carbocycles. The summed E-state index contributed by atoms with van der Waals surface area (Å²) >= 11 is 3.43. The normalized spacial score (nSPS) is 10.9. The van der Waals surface area contributed by atoms with Crippen LogP contribution < -0.4 is 5.56 Å². The molecule has 3 rings (SSSR count). The summed E-state index contributed by atoms with van der Waals surface area (Å²) in [5.74, 6) is -0.378. The van der Waals surface area contributed by atoms with Crippen LogP contribution in [0.25, 0.3) is 22.0 Å². The highest BCUT2D eigenvalue weighted by atomic mass is 79.9. The topological polar surface area (TPSA) is 22.0 Å². The average Bonchev–Trinajstić information content (AvgIpc) is 2.47. The van der Waals surface area contributed by atoms with Crippen LogP contribution in [-0.2, 0) is 0 Å². The Morgan fingerprint density at radius 2 is 1.95 bits per heavy atom. The van der Waals surface area contributed by atoms with Crippen molar-refractivity contribution in [1.82, 2.24) is 4.57 Å². The van der Waals surface area contributed by atoms with Crippen LogP contribution in [0.4, 0.5) is 4.39 Å².